The SMILES string of the molecule is O=C(Nc1ncccn1)C(=O)N(CCO)Cc1ccccc1. The van der Waals surface area contributed by atoms with Crippen LogP contribution in [0.15, 0.2) is 48.8 Å². The number of hydrogen-bond donors (Lipinski definition) is 2. The lowest BCUT2D eigenvalue weighted by atomic mass is 10.2. The number of aliphatic hydroxyl groups excluding tert-OH is 1. The largest absolute Gasteiger partial charge is 0.395 e. The third-order valence-electron chi connectivity index (χ3n) is 2.86. The molecule has 0 bridgehead atoms. The molecule has 1 aromatic carbocycles. The third-order valence-corrected chi connectivity index (χ3v) is 2.86. The molecule has 0 fully saturated rings. The fraction of sp³-hybridized carbons (Fsp3) is 0.200. The number of nitrogens with one attached hydrogen (secondary N) is 1. The predicted molar refractivity (Wildman–Crippen MR) is 79.6 cm³/mol. The second kappa shape index (κ2) is 7.84. The van der Waals surface area contributed by atoms with Crippen molar-refractivity contribution < 1.29 is 14.7 Å². The number of aromatic nitrogens is 2. The van der Waals surface area contributed by atoms with Crippen LogP contribution in [0.1, 0.15) is 5.56 Å². The first-order valence-electron chi connectivity index (χ1n) is 6.73. The Hall–Kier alpha value is -2.80. The zero-order valence-corrected chi connectivity index (χ0v) is 11.8. The van der Waals surface area contributed by atoms with E-state index in [1.54, 1.807) is 6.07 Å². The number of hydrogen-bond acceptors (Lipinski definition) is 5. The standard InChI is InChI=1S/C15H16N4O3/c20-10-9-19(11-12-5-2-1-3-6-12)14(22)13(21)18-15-16-7-4-8-17-15/h1-8,20H,9-11H2,(H,16,17,18,21). The Balaban J connectivity index is 2.04. The van der Waals surface area contributed by atoms with Crippen LogP contribution in [0.3, 0.4) is 0 Å². The van der Waals surface area contributed by atoms with Gasteiger partial charge in [-0.05, 0) is 11.6 Å². The second-order valence-electron chi connectivity index (χ2n) is 4.46. The van der Waals surface area contributed by atoms with Crippen LogP contribution < -0.4 is 5.32 Å². The van der Waals surface area contributed by atoms with Crippen molar-refractivity contribution in [3.05, 3.63) is 54.4 Å². The van der Waals surface area contributed by atoms with Crippen LogP contribution in [0.25, 0.3) is 0 Å². The average Bonchev–Trinajstić information content (AvgIpc) is 2.55. The molecule has 2 amide bonds. The first-order chi connectivity index (χ1) is 10.7. The summed E-state index contributed by atoms with van der Waals surface area (Å²) in [5, 5.41) is 11.4. The molecule has 1 heterocycles. The normalized spacial score (nSPS) is 10.0. The summed E-state index contributed by atoms with van der Waals surface area (Å²) in [6.45, 7) is 0.0772. The van der Waals surface area contributed by atoms with Gasteiger partial charge in [-0.1, -0.05) is 30.3 Å². The summed E-state index contributed by atoms with van der Waals surface area (Å²) < 4.78 is 0. The van der Waals surface area contributed by atoms with Gasteiger partial charge in [-0.15, -0.1) is 0 Å². The van der Waals surface area contributed by atoms with Crippen LogP contribution in [0.5, 0.6) is 0 Å². The van der Waals surface area contributed by atoms with E-state index in [0.29, 0.717) is 0 Å². The van der Waals surface area contributed by atoms with Gasteiger partial charge in [0.1, 0.15) is 0 Å². The van der Waals surface area contributed by atoms with Crippen molar-refractivity contribution in [3.8, 4) is 0 Å². The minimum Gasteiger partial charge on any atom is -0.395 e. The van der Waals surface area contributed by atoms with E-state index in [-0.39, 0.29) is 25.6 Å². The topological polar surface area (TPSA) is 95.4 Å². The van der Waals surface area contributed by atoms with Gasteiger partial charge in [0.2, 0.25) is 5.95 Å². The van der Waals surface area contributed by atoms with Gasteiger partial charge < -0.3 is 10.0 Å². The number of aliphatic hydroxyl groups is 1. The van der Waals surface area contributed by atoms with Gasteiger partial charge in [0, 0.05) is 25.5 Å². The Morgan fingerprint density at radius 2 is 1.77 bits per heavy atom. The van der Waals surface area contributed by atoms with Crippen LogP contribution in [-0.4, -0.2) is 44.9 Å². The molecule has 0 aliphatic heterocycles. The highest BCUT2D eigenvalue weighted by Gasteiger charge is 2.22. The molecule has 22 heavy (non-hydrogen) atoms. The molecule has 2 rings (SSSR count). The molecule has 0 spiro atoms. The summed E-state index contributed by atoms with van der Waals surface area (Å²) in [6, 6.07) is 10.8. The number of nitrogens with zero attached hydrogens (tertiary/aromatic N) is 3. The van der Waals surface area contributed by atoms with Gasteiger partial charge in [-0.25, -0.2) is 9.97 Å². The molecule has 2 aromatic rings. The van der Waals surface area contributed by atoms with Crippen molar-refractivity contribution in [2.45, 2.75) is 6.54 Å². The first-order valence-corrected chi connectivity index (χ1v) is 6.73. The van der Waals surface area contributed by atoms with Gasteiger partial charge >= 0.3 is 11.8 Å². The Morgan fingerprint density at radius 1 is 1.09 bits per heavy atom. The highest BCUT2D eigenvalue weighted by molar-refractivity contribution is 6.39. The molecule has 0 aliphatic rings. The molecule has 0 radical (unpaired) electrons. The molecule has 0 unspecified atom stereocenters. The van der Waals surface area contributed by atoms with Gasteiger partial charge in [0.15, 0.2) is 0 Å². The third kappa shape index (κ3) is 4.35. The first kappa shape index (κ1) is 15.6. The van der Waals surface area contributed by atoms with E-state index in [4.69, 9.17) is 5.11 Å². The lowest BCUT2D eigenvalue weighted by Gasteiger charge is -2.21. The molecular weight excluding hydrogens is 284 g/mol. The zero-order valence-electron chi connectivity index (χ0n) is 11.8. The van der Waals surface area contributed by atoms with E-state index in [1.165, 1.54) is 17.3 Å². The van der Waals surface area contributed by atoms with Gasteiger partial charge in [-0.2, -0.15) is 0 Å². The molecule has 7 nitrogen and oxygen atoms in total. The maximum Gasteiger partial charge on any atom is 0.316 e. The number of carbonyl (C=O) groups is 2. The molecular formula is C15H16N4O3. The van der Waals surface area contributed by atoms with Gasteiger partial charge in [0.25, 0.3) is 0 Å². The van der Waals surface area contributed by atoms with Gasteiger partial charge in [0.05, 0.1) is 6.61 Å². The lowest BCUT2D eigenvalue weighted by Crippen LogP contribution is -2.41. The Labute approximate surface area is 127 Å². The number of anilines is 1. The second-order valence-corrected chi connectivity index (χ2v) is 4.46. The predicted octanol–water partition coefficient (Wildman–Crippen LogP) is 0.436. The zero-order chi connectivity index (χ0) is 15.8. The van der Waals surface area contributed by atoms with E-state index in [1.807, 2.05) is 30.3 Å². The highest BCUT2D eigenvalue weighted by atomic mass is 16.3. The van der Waals surface area contributed by atoms with Crippen LogP contribution in [0.2, 0.25) is 0 Å². The van der Waals surface area contributed by atoms with Crippen LogP contribution in [0, 0.1) is 0 Å². The maximum absolute atomic E-state index is 12.2. The van der Waals surface area contributed by atoms with E-state index >= 15 is 0 Å². The molecule has 7 heteroatoms. The molecule has 0 saturated heterocycles. The minimum absolute atomic E-state index is 0.0597. The number of amides is 2. The van der Waals surface area contributed by atoms with E-state index in [0.717, 1.165) is 5.56 Å². The molecule has 0 atom stereocenters. The minimum atomic E-state index is -0.837. The molecule has 114 valence electrons. The molecule has 1 aromatic heterocycles. The Morgan fingerprint density at radius 3 is 2.41 bits per heavy atom. The number of rotatable bonds is 5. The average molecular weight is 300 g/mol. The summed E-state index contributed by atoms with van der Waals surface area (Å²) in [5.74, 6) is -1.52. The summed E-state index contributed by atoms with van der Waals surface area (Å²) in [5.41, 5.74) is 0.869. The lowest BCUT2D eigenvalue weighted by molar-refractivity contribution is -0.143. The summed E-state index contributed by atoms with van der Waals surface area (Å²) in [6.07, 6.45) is 2.92. The highest BCUT2D eigenvalue weighted by Crippen LogP contribution is 2.05. The van der Waals surface area contributed by atoms with Gasteiger partial charge in [-0.3, -0.25) is 14.9 Å². The van der Waals surface area contributed by atoms with E-state index in [9.17, 15) is 9.59 Å². The molecule has 0 saturated carbocycles. The van der Waals surface area contributed by atoms with Crippen LogP contribution in [0.4, 0.5) is 5.95 Å². The van der Waals surface area contributed by atoms with Crippen molar-refractivity contribution in [1.82, 2.24) is 14.9 Å². The summed E-state index contributed by atoms with van der Waals surface area (Å²) in [4.78, 5) is 33.1. The fourth-order valence-electron chi connectivity index (χ4n) is 1.84. The van der Waals surface area contributed by atoms with Crippen molar-refractivity contribution in [2.75, 3.05) is 18.5 Å². The Bertz CT molecular complexity index is 619. The smallest absolute Gasteiger partial charge is 0.316 e. The quantitative estimate of drug-likeness (QED) is 0.781. The van der Waals surface area contributed by atoms with Crippen LogP contribution in [-0.2, 0) is 16.1 Å². The van der Waals surface area contributed by atoms with E-state index < -0.39 is 11.8 Å². The van der Waals surface area contributed by atoms with Crippen molar-refractivity contribution in [3.63, 3.8) is 0 Å². The number of benzene rings is 1. The summed E-state index contributed by atoms with van der Waals surface area (Å²) in [7, 11) is 0. The van der Waals surface area contributed by atoms with Crippen molar-refractivity contribution in [2.24, 2.45) is 0 Å². The Kier molecular flexibility index (Phi) is 5.56. The fourth-order valence-corrected chi connectivity index (χ4v) is 1.84. The molecule has 0 aliphatic carbocycles. The monoisotopic (exact) mass is 300 g/mol. The summed E-state index contributed by atoms with van der Waals surface area (Å²) >= 11 is 0. The number of carbonyl (C=O) groups excluding carboxylic acids is 2. The maximum atomic E-state index is 12.2. The van der Waals surface area contributed by atoms with E-state index in [2.05, 4.69) is 15.3 Å². The van der Waals surface area contributed by atoms with Crippen molar-refractivity contribution >= 4 is 17.8 Å². The van der Waals surface area contributed by atoms with Crippen LogP contribution >= 0.6 is 0 Å². The molecule has 2 N–H and O–H groups in total. The van der Waals surface area contributed by atoms with Crippen molar-refractivity contribution in [1.29, 1.82) is 0 Å².